The van der Waals surface area contributed by atoms with Crippen molar-refractivity contribution in [2.24, 2.45) is 0 Å². The van der Waals surface area contributed by atoms with Crippen molar-refractivity contribution in [3.8, 4) is 12.3 Å². The predicted molar refractivity (Wildman–Crippen MR) is 54.2 cm³/mol. The van der Waals surface area contributed by atoms with Crippen LogP contribution < -0.4 is 0 Å². The molecular formula is C11H10F3NO2. The largest absolute Gasteiger partial charge is 0.462 e. The maximum absolute atomic E-state index is 12.8. The Morgan fingerprint density at radius 2 is 2.24 bits per heavy atom. The molecule has 92 valence electrons. The molecule has 1 aromatic rings. The van der Waals surface area contributed by atoms with Crippen molar-refractivity contribution in [1.82, 2.24) is 4.57 Å². The maximum Gasteiger partial charge on any atom is 0.432 e. The summed E-state index contributed by atoms with van der Waals surface area (Å²) in [4.78, 5) is 11.3. The minimum Gasteiger partial charge on any atom is -0.462 e. The minimum absolute atomic E-state index is 0.0104. The van der Waals surface area contributed by atoms with E-state index in [1.54, 1.807) is 0 Å². The Balaban J connectivity index is 3.24. The summed E-state index contributed by atoms with van der Waals surface area (Å²) in [5.41, 5.74) is -1.59. The molecule has 1 heterocycles. The zero-order chi connectivity index (χ0) is 13.1. The Hall–Kier alpha value is -1.90. The third-order valence-electron chi connectivity index (χ3n) is 1.99. The summed E-state index contributed by atoms with van der Waals surface area (Å²) >= 11 is 0. The van der Waals surface area contributed by atoms with Crippen LogP contribution in [0, 0.1) is 12.3 Å². The molecule has 0 saturated carbocycles. The van der Waals surface area contributed by atoms with Gasteiger partial charge in [0.25, 0.3) is 0 Å². The third kappa shape index (κ3) is 2.81. The first-order chi connectivity index (χ1) is 7.91. The van der Waals surface area contributed by atoms with Gasteiger partial charge in [-0.2, -0.15) is 13.2 Å². The standard InChI is InChI=1S/C11H10F3NO2/c1-3-6-15-7-5-8(10(16)17-4-2)9(15)11(12,13)14/h1,5,7H,4,6H2,2H3. The van der Waals surface area contributed by atoms with Gasteiger partial charge in [0.15, 0.2) is 0 Å². The van der Waals surface area contributed by atoms with Crippen LogP contribution in [0.4, 0.5) is 13.2 Å². The van der Waals surface area contributed by atoms with Crippen molar-refractivity contribution in [3.05, 3.63) is 23.5 Å². The lowest BCUT2D eigenvalue weighted by Gasteiger charge is -2.11. The lowest BCUT2D eigenvalue weighted by atomic mass is 10.2. The minimum atomic E-state index is -4.65. The molecule has 0 bridgehead atoms. The highest BCUT2D eigenvalue weighted by atomic mass is 19.4. The van der Waals surface area contributed by atoms with Gasteiger partial charge in [0.05, 0.1) is 18.7 Å². The fourth-order valence-corrected chi connectivity index (χ4v) is 1.39. The first-order valence-corrected chi connectivity index (χ1v) is 4.78. The van der Waals surface area contributed by atoms with Crippen LogP contribution >= 0.6 is 0 Å². The number of hydrogen-bond donors (Lipinski definition) is 0. The molecule has 0 aliphatic carbocycles. The SMILES string of the molecule is C#CCn1ccc(C(=O)OCC)c1C(F)(F)F. The molecule has 0 amide bonds. The Morgan fingerprint density at radius 3 is 2.71 bits per heavy atom. The summed E-state index contributed by atoms with van der Waals surface area (Å²) in [6.07, 6.45) is 1.43. The van der Waals surface area contributed by atoms with Crippen LogP contribution in [0.25, 0.3) is 0 Å². The molecule has 0 fully saturated rings. The fraction of sp³-hybridized carbons (Fsp3) is 0.364. The quantitative estimate of drug-likeness (QED) is 0.604. The molecule has 0 N–H and O–H groups in total. The van der Waals surface area contributed by atoms with E-state index in [1.165, 1.54) is 6.92 Å². The number of carbonyl (C=O) groups is 1. The van der Waals surface area contributed by atoms with Gasteiger partial charge >= 0.3 is 12.1 Å². The van der Waals surface area contributed by atoms with Crippen LogP contribution in [0.3, 0.4) is 0 Å². The highest BCUT2D eigenvalue weighted by molar-refractivity contribution is 5.91. The first kappa shape index (κ1) is 13.2. The van der Waals surface area contributed by atoms with E-state index in [1.807, 2.05) is 0 Å². The number of halogens is 3. The van der Waals surface area contributed by atoms with E-state index in [4.69, 9.17) is 6.42 Å². The van der Waals surface area contributed by atoms with Crippen molar-refractivity contribution in [3.63, 3.8) is 0 Å². The Bertz CT molecular complexity index is 454. The van der Waals surface area contributed by atoms with Crippen molar-refractivity contribution in [2.75, 3.05) is 6.61 Å². The normalized spacial score (nSPS) is 11.0. The van der Waals surface area contributed by atoms with Crippen LogP contribution in [0.1, 0.15) is 23.0 Å². The van der Waals surface area contributed by atoms with Gasteiger partial charge in [-0.25, -0.2) is 4.79 Å². The molecule has 6 heteroatoms. The number of carbonyl (C=O) groups excluding carboxylic acids is 1. The van der Waals surface area contributed by atoms with E-state index in [0.717, 1.165) is 16.8 Å². The van der Waals surface area contributed by atoms with Crippen LogP contribution in [-0.4, -0.2) is 17.1 Å². The molecule has 0 atom stereocenters. The van der Waals surface area contributed by atoms with Crippen molar-refractivity contribution < 1.29 is 22.7 Å². The molecule has 0 unspecified atom stereocenters. The third-order valence-corrected chi connectivity index (χ3v) is 1.99. The van der Waals surface area contributed by atoms with Crippen LogP contribution in [-0.2, 0) is 17.5 Å². The van der Waals surface area contributed by atoms with E-state index < -0.39 is 23.4 Å². The Labute approximate surface area is 96.2 Å². The van der Waals surface area contributed by atoms with E-state index >= 15 is 0 Å². The molecule has 0 spiro atoms. The molecule has 0 radical (unpaired) electrons. The van der Waals surface area contributed by atoms with Gasteiger partial charge in [-0.3, -0.25) is 0 Å². The Kier molecular flexibility index (Phi) is 3.84. The molecule has 17 heavy (non-hydrogen) atoms. The predicted octanol–water partition coefficient (Wildman–Crippen LogP) is 2.32. The van der Waals surface area contributed by atoms with Gasteiger partial charge in [-0.05, 0) is 13.0 Å². The average molecular weight is 245 g/mol. The number of alkyl halides is 3. The molecule has 0 aliphatic heterocycles. The zero-order valence-corrected chi connectivity index (χ0v) is 9.04. The van der Waals surface area contributed by atoms with E-state index in [9.17, 15) is 18.0 Å². The molecule has 1 aromatic heterocycles. The van der Waals surface area contributed by atoms with Crippen molar-refractivity contribution in [2.45, 2.75) is 19.6 Å². The smallest absolute Gasteiger partial charge is 0.432 e. The number of hydrogen-bond acceptors (Lipinski definition) is 2. The van der Waals surface area contributed by atoms with Gasteiger partial charge < -0.3 is 9.30 Å². The molecule has 3 nitrogen and oxygen atoms in total. The van der Waals surface area contributed by atoms with Crippen LogP contribution in [0.5, 0.6) is 0 Å². The number of rotatable bonds is 3. The molecule has 0 aliphatic rings. The molecular weight excluding hydrogens is 235 g/mol. The van der Waals surface area contributed by atoms with E-state index in [0.29, 0.717) is 0 Å². The van der Waals surface area contributed by atoms with Gasteiger partial charge in [-0.15, -0.1) is 6.42 Å². The molecule has 0 saturated heterocycles. The fourth-order valence-electron chi connectivity index (χ4n) is 1.39. The summed E-state index contributed by atoms with van der Waals surface area (Å²) < 4.78 is 43.7. The molecule has 1 rings (SSSR count). The summed E-state index contributed by atoms with van der Waals surface area (Å²) in [6, 6.07) is 1.05. The van der Waals surface area contributed by atoms with Gasteiger partial charge in [-0.1, -0.05) is 5.92 Å². The Morgan fingerprint density at radius 1 is 1.59 bits per heavy atom. The monoisotopic (exact) mass is 245 g/mol. The van der Waals surface area contributed by atoms with Crippen LogP contribution in [0.2, 0.25) is 0 Å². The lowest BCUT2D eigenvalue weighted by Crippen LogP contribution is -2.18. The summed E-state index contributed by atoms with van der Waals surface area (Å²) in [7, 11) is 0. The van der Waals surface area contributed by atoms with Crippen molar-refractivity contribution >= 4 is 5.97 Å². The summed E-state index contributed by atoms with van der Waals surface area (Å²) in [6.45, 7) is 1.27. The van der Waals surface area contributed by atoms with Crippen molar-refractivity contribution in [1.29, 1.82) is 0 Å². The number of aromatic nitrogens is 1. The highest BCUT2D eigenvalue weighted by Crippen LogP contribution is 2.33. The second-order valence-corrected chi connectivity index (χ2v) is 3.13. The second-order valence-electron chi connectivity index (χ2n) is 3.13. The number of ether oxygens (including phenoxy) is 1. The zero-order valence-electron chi connectivity index (χ0n) is 9.04. The van der Waals surface area contributed by atoms with Gasteiger partial charge in [0.1, 0.15) is 5.69 Å². The molecule has 0 aromatic carbocycles. The summed E-state index contributed by atoms with van der Waals surface area (Å²) in [5, 5.41) is 0. The highest BCUT2D eigenvalue weighted by Gasteiger charge is 2.39. The first-order valence-electron chi connectivity index (χ1n) is 4.78. The number of esters is 1. The topological polar surface area (TPSA) is 31.2 Å². The maximum atomic E-state index is 12.8. The van der Waals surface area contributed by atoms with E-state index in [2.05, 4.69) is 10.7 Å². The van der Waals surface area contributed by atoms with Gasteiger partial charge in [0.2, 0.25) is 0 Å². The van der Waals surface area contributed by atoms with Gasteiger partial charge in [0, 0.05) is 6.20 Å². The summed E-state index contributed by atoms with van der Waals surface area (Å²) in [5.74, 6) is 1.09. The average Bonchev–Trinajstić information content (AvgIpc) is 2.62. The van der Waals surface area contributed by atoms with Crippen LogP contribution in [0.15, 0.2) is 12.3 Å². The second kappa shape index (κ2) is 4.95. The van der Waals surface area contributed by atoms with E-state index in [-0.39, 0.29) is 13.2 Å². The number of terminal acetylenes is 1. The lowest BCUT2D eigenvalue weighted by molar-refractivity contribution is -0.143. The number of nitrogens with zero attached hydrogens (tertiary/aromatic N) is 1.